The van der Waals surface area contributed by atoms with E-state index in [9.17, 15) is 4.79 Å². The minimum Gasteiger partial charge on any atom is -0.461 e. The van der Waals surface area contributed by atoms with Crippen LogP contribution in [0.15, 0.2) is 22.8 Å². The Hall–Kier alpha value is -1.09. The van der Waals surface area contributed by atoms with Gasteiger partial charge >= 0.3 is 0 Å². The monoisotopic (exact) mass is 289 g/mol. The molecule has 2 aliphatic carbocycles. The van der Waals surface area contributed by atoms with E-state index < -0.39 is 0 Å². The molecule has 0 bridgehead atoms. The number of hydrogen-bond acceptors (Lipinski definition) is 3. The average molecular weight is 289 g/mol. The fourth-order valence-electron chi connectivity index (χ4n) is 4.06. The van der Waals surface area contributed by atoms with Gasteiger partial charge in [0.1, 0.15) is 0 Å². The lowest BCUT2D eigenvalue weighted by atomic mass is 9.88. The van der Waals surface area contributed by atoms with Crippen LogP contribution in [0.4, 0.5) is 0 Å². The summed E-state index contributed by atoms with van der Waals surface area (Å²) in [5.74, 6) is 0.669. The molecule has 0 aromatic carbocycles. The van der Waals surface area contributed by atoms with Gasteiger partial charge in [0, 0.05) is 12.1 Å². The molecule has 1 aromatic rings. The van der Waals surface area contributed by atoms with Crippen LogP contribution < -0.4 is 0 Å². The molecule has 2 aliphatic rings. The van der Waals surface area contributed by atoms with Crippen molar-refractivity contribution in [1.29, 1.82) is 0 Å². The molecule has 3 nitrogen and oxygen atoms in total. The summed E-state index contributed by atoms with van der Waals surface area (Å²) < 4.78 is 5.29. The van der Waals surface area contributed by atoms with Crippen LogP contribution in [-0.4, -0.2) is 29.3 Å². The average Bonchev–Trinajstić information content (AvgIpc) is 3.09. The third-order valence-corrected chi connectivity index (χ3v) is 5.21. The molecular weight excluding hydrogens is 262 g/mol. The van der Waals surface area contributed by atoms with Crippen molar-refractivity contribution in [2.45, 2.75) is 76.3 Å². The maximum absolute atomic E-state index is 12.5. The van der Waals surface area contributed by atoms with E-state index >= 15 is 0 Å². The highest BCUT2D eigenvalue weighted by Gasteiger charge is 2.30. The first-order valence-corrected chi connectivity index (χ1v) is 8.67. The van der Waals surface area contributed by atoms with Gasteiger partial charge in [-0.1, -0.05) is 38.5 Å². The molecule has 2 fully saturated rings. The quantitative estimate of drug-likeness (QED) is 0.752. The number of Topliss-reactive ketones (excluding diaryl/α,β-unsaturated/α-hetero) is 1. The first-order valence-electron chi connectivity index (χ1n) is 8.67. The number of rotatable bonds is 5. The highest BCUT2D eigenvalue weighted by Crippen LogP contribution is 2.30. The van der Waals surface area contributed by atoms with Gasteiger partial charge in [-0.2, -0.15) is 0 Å². The normalized spacial score (nSPS) is 21.8. The molecule has 0 saturated heterocycles. The number of furan rings is 1. The maximum Gasteiger partial charge on any atom is 0.211 e. The second-order valence-corrected chi connectivity index (χ2v) is 6.66. The first kappa shape index (κ1) is 14.8. The zero-order valence-corrected chi connectivity index (χ0v) is 12.9. The van der Waals surface area contributed by atoms with E-state index in [4.69, 9.17) is 4.42 Å². The Bertz CT molecular complexity index is 410. The molecule has 0 aliphatic heterocycles. The van der Waals surface area contributed by atoms with Crippen LogP contribution in [0.2, 0.25) is 0 Å². The molecule has 2 saturated carbocycles. The van der Waals surface area contributed by atoms with E-state index in [1.165, 1.54) is 64.2 Å². The van der Waals surface area contributed by atoms with Crippen LogP contribution in [0.25, 0.3) is 0 Å². The van der Waals surface area contributed by atoms with Gasteiger partial charge in [0.05, 0.1) is 12.8 Å². The molecule has 0 atom stereocenters. The summed E-state index contributed by atoms with van der Waals surface area (Å²) in [5.41, 5.74) is 0. The molecule has 1 heterocycles. The number of hydrogen-bond donors (Lipinski definition) is 0. The van der Waals surface area contributed by atoms with Crippen molar-refractivity contribution in [2.24, 2.45) is 0 Å². The minimum absolute atomic E-state index is 0.149. The van der Waals surface area contributed by atoms with Crippen molar-refractivity contribution in [3.63, 3.8) is 0 Å². The standard InChI is InChI=1S/C18H27NO2/c20-17(18-12-7-13-21-18)14-19(15-8-3-1-4-9-15)16-10-5-2-6-11-16/h7,12-13,15-16H,1-6,8-11,14H2. The second-order valence-electron chi connectivity index (χ2n) is 6.66. The Balaban J connectivity index is 1.69. The van der Waals surface area contributed by atoms with Crippen molar-refractivity contribution in [3.05, 3.63) is 24.2 Å². The van der Waals surface area contributed by atoms with E-state index in [1.54, 1.807) is 18.4 Å². The third kappa shape index (κ3) is 3.76. The summed E-state index contributed by atoms with van der Waals surface area (Å²) in [5, 5.41) is 0. The Kier molecular flexibility index (Phi) is 5.13. The summed E-state index contributed by atoms with van der Waals surface area (Å²) in [4.78, 5) is 15.0. The SMILES string of the molecule is O=C(CN(C1CCCCC1)C1CCCCC1)c1ccco1. The fraction of sp³-hybridized carbons (Fsp3) is 0.722. The summed E-state index contributed by atoms with van der Waals surface area (Å²) in [6.45, 7) is 0.544. The molecule has 3 heteroatoms. The van der Waals surface area contributed by atoms with Gasteiger partial charge in [-0.15, -0.1) is 0 Å². The van der Waals surface area contributed by atoms with Crippen molar-refractivity contribution in [2.75, 3.05) is 6.54 Å². The number of nitrogens with zero attached hydrogens (tertiary/aromatic N) is 1. The van der Waals surface area contributed by atoms with Gasteiger partial charge < -0.3 is 4.42 Å². The molecule has 0 amide bonds. The highest BCUT2D eigenvalue weighted by atomic mass is 16.3. The van der Waals surface area contributed by atoms with Crippen LogP contribution in [0.1, 0.15) is 74.8 Å². The Morgan fingerprint density at radius 1 is 1.00 bits per heavy atom. The minimum atomic E-state index is 0.149. The van der Waals surface area contributed by atoms with Crippen LogP contribution in [0.3, 0.4) is 0 Å². The molecule has 0 spiro atoms. The van der Waals surface area contributed by atoms with Crippen molar-refractivity contribution in [1.82, 2.24) is 4.90 Å². The molecule has 0 N–H and O–H groups in total. The topological polar surface area (TPSA) is 33.5 Å². The maximum atomic E-state index is 12.5. The lowest BCUT2D eigenvalue weighted by Crippen LogP contribution is -2.47. The van der Waals surface area contributed by atoms with Crippen molar-refractivity contribution >= 4 is 5.78 Å². The number of carbonyl (C=O) groups is 1. The lowest BCUT2D eigenvalue weighted by molar-refractivity contribution is 0.0625. The van der Waals surface area contributed by atoms with E-state index in [1.807, 2.05) is 0 Å². The summed E-state index contributed by atoms with van der Waals surface area (Å²) in [6, 6.07) is 4.82. The largest absolute Gasteiger partial charge is 0.461 e. The summed E-state index contributed by atoms with van der Waals surface area (Å²) >= 11 is 0. The molecule has 116 valence electrons. The molecule has 3 rings (SSSR count). The number of ketones is 1. The molecule has 0 radical (unpaired) electrons. The van der Waals surface area contributed by atoms with Crippen LogP contribution in [0, 0.1) is 0 Å². The Labute approximate surface area is 127 Å². The zero-order chi connectivity index (χ0) is 14.5. The second kappa shape index (κ2) is 7.26. The van der Waals surface area contributed by atoms with Crippen LogP contribution in [-0.2, 0) is 0 Å². The fourth-order valence-corrected chi connectivity index (χ4v) is 4.06. The van der Waals surface area contributed by atoms with E-state index in [0.29, 0.717) is 24.4 Å². The zero-order valence-electron chi connectivity index (χ0n) is 12.9. The van der Waals surface area contributed by atoms with E-state index in [-0.39, 0.29) is 5.78 Å². The van der Waals surface area contributed by atoms with Gasteiger partial charge in [-0.3, -0.25) is 9.69 Å². The van der Waals surface area contributed by atoms with Crippen molar-refractivity contribution in [3.8, 4) is 0 Å². The Morgan fingerprint density at radius 3 is 2.05 bits per heavy atom. The Morgan fingerprint density at radius 2 is 1.57 bits per heavy atom. The molecule has 1 aromatic heterocycles. The first-order chi connectivity index (χ1) is 10.3. The van der Waals surface area contributed by atoms with Gasteiger partial charge in [0.2, 0.25) is 5.78 Å². The molecule has 0 unspecified atom stereocenters. The van der Waals surface area contributed by atoms with Crippen LogP contribution in [0.5, 0.6) is 0 Å². The van der Waals surface area contributed by atoms with Crippen molar-refractivity contribution < 1.29 is 9.21 Å². The molecule has 21 heavy (non-hydrogen) atoms. The van der Waals surface area contributed by atoms with Gasteiger partial charge in [-0.25, -0.2) is 0 Å². The lowest BCUT2D eigenvalue weighted by Gasteiger charge is -2.41. The van der Waals surface area contributed by atoms with Gasteiger partial charge in [0.25, 0.3) is 0 Å². The predicted octanol–water partition coefficient (Wildman–Crippen LogP) is 4.43. The van der Waals surface area contributed by atoms with E-state index in [2.05, 4.69) is 4.90 Å². The van der Waals surface area contributed by atoms with E-state index in [0.717, 1.165) is 0 Å². The third-order valence-electron chi connectivity index (χ3n) is 5.21. The summed E-state index contributed by atoms with van der Waals surface area (Å²) in [6.07, 6.45) is 14.7. The predicted molar refractivity (Wildman–Crippen MR) is 83.5 cm³/mol. The van der Waals surface area contributed by atoms with Crippen LogP contribution >= 0.6 is 0 Å². The van der Waals surface area contributed by atoms with Gasteiger partial charge in [-0.05, 0) is 37.8 Å². The smallest absolute Gasteiger partial charge is 0.211 e. The summed E-state index contributed by atoms with van der Waals surface area (Å²) in [7, 11) is 0. The highest BCUT2D eigenvalue weighted by molar-refractivity contribution is 5.95. The number of carbonyl (C=O) groups excluding carboxylic acids is 1. The molecular formula is C18H27NO2. The van der Waals surface area contributed by atoms with Gasteiger partial charge in [0.15, 0.2) is 5.76 Å².